The van der Waals surface area contributed by atoms with Crippen LogP contribution in [0.15, 0.2) is 72.4 Å². The van der Waals surface area contributed by atoms with Gasteiger partial charge < -0.3 is 20.5 Å². The molecule has 0 aliphatic heterocycles. The number of aliphatic hydroxyl groups is 1. The first kappa shape index (κ1) is 29.0. The molecule has 2 amide bonds. The van der Waals surface area contributed by atoms with E-state index in [9.17, 15) is 19.5 Å². The summed E-state index contributed by atoms with van der Waals surface area (Å²) < 4.78 is 5.33. The minimum Gasteiger partial charge on any atom is -0.444 e. The predicted molar refractivity (Wildman–Crippen MR) is 147 cm³/mol. The quantitative estimate of drug-likeness (QED) is 0.300. The molecule has 3 aromatic rings. The molecule has 0 saturated heterocycles. The first-order chi connectivity index (χ1) is 18.1. The molecule has 0 aliphatic rings. The van der Waals surface area contributed by atoms with Gasteiger partial charge in [-0.3, -0.25) is 14.6 Å². The number of benzene rings is 2. The summed E-state index contributed by atoms with van der Waals surface area (Å²) in [6.07, 6.45) is 0.809. The fraction of sp³-hybridized carbons (Fsp3) is 0.379. The summed E-state index contributed by atoms with van der Waals surface area (Å²) in [5.74, 6) is -1.22. The lowest BCUT2D eigenvalue weighted by Crippen LogP contribution is -2.50. The van der Waals surface area contributed by atoms with E-state index in [0.717, 1.165) is 16.0 Å². The Bertz CT molecular complexity index is 1160. The lowest BCUT2D eigenvalue weighted by Gasteiger charge is -2.28. The fourth-order valence-electron chi connectivity index (χ4n) is 3.93. The van der Waals surface area contributed by atoms with Gasteiger partial charge in [-0.15, -0.1) is 11.3 Å². The molecule has 0 aliphatic carbocycles. The van der Waals surface area contributed by atoms with Gasteiger partial charge in [-0.2, -0.15) is 0 Å². The van der Waals surface area contributed by atoms with Gasteiger partial charge in [-0.1, -0.05) is 81.4 Å². The molecule has 3 atom stereocenters. The molecule has 2 aromatic carbocycles. The van der Waals surface area contributed by atoms with Gasteiger partial charge >= 0.3 is 6.09 Å². The number of rotatable bonds is 12. The lowest BCUT2D eigenvalue weighted by atomic mass is 9.89. The number of ketones is 1. The van der Waals surface area contributed by atoms with Crippen molar-refractivity contribution in [2.24, 2.45) is 5.41 Å². The highest BCUT2D eigenvalue weighted by molar-refractivity contribution is 7.09. The van der Waals surface area contributed by atoms with Crippen molar-refractivity contribution >= 4 is 29.1 Å². The van der Waals surface area contributed by atoms with Crippen LogP contribution in [-0.2, 0) is 33.8 Å². The van der Waals surface area contributed by atoms with Gasteiger partial charge in [0, 0.05) is 17.7 Å². The molecule has 0 saturated carbocycles. The average molecular weight is 538 g/mol. The Kier molecular flexibility index (Phi) is 10.6. The fourth-order valence-corrected chi connectivity index (χ4v) is 4.44. The summed E-state index contributed by atoms with van der Waals surface area (Å²) >= 11 is 1.38. The van der Waals surface area contributed by atoms with Crippen LogP contribution >= 0.6 is 11.3 Å². The van der Waals surface area contributed by atoms with Gasteiger partial charge in [0.05, 0.1) is 22.5 Å². The summed E-state index contributed by atoms with van der Waals surface area (Å²) in [6.45, 7) is 5.14. The lowest BCUT2D eigenvalue weighted by molar-refractivity contribution is -0.143. The van der Waals surface area contributed by atoms with E-state index in [1.807, 2.05) is 60.7 Å². The Morgan fingerprint density at radius 3 is 2.11 bits per heavy atom. The molecule has 9 heteroatoms. The van der Waals surface area contributed by atoms with Crippen molar-refractivity contribution in [2.45, 2.75) is 64.8 Å². The molecule has 1 aromatic heterocycles. The van der Waals surface area contributed by atoms with Crippen LogP contribution in [0.5, 0.6) is 0 Å². The summed E-state index contributed by atoms with van der Waals surface area (Å²) in [7, 11) is 0. The third-order valence-corrected chi connectivity index (χ3v) is 6.72. The molecular weight excluding hydrogens is 502 g/mol. The van der Waals surface area contributed by atoms with Crippen LogP contribution in [0.4, 0.5) is 4.79 Å². The van der Waals surface area contributed by atoms with Crippen LogP contribution < -0.4 is 10.6 Å². The number of alkyl carbamates (subject to hydrolysis) is 1. The van der Waals surface area contributed by atoms with Gasteiger partial charge in [-0.05, 0) is 30.4 Å². The number of nitrogens with one attached hydrogen (secondary N) is 2. The number of thiazole rings is 1. The van der Waals surface area contributed by atoms with Crippen LogP contribution in [-0.4, -0.2) is 46.1 Å². The number of aromatic nitrogens is 1. The first-order valence-corrected chi connectivity index (χ1v) is 13.4. The first-order valence-electron chi connectivity index (χ1n) is 12.5. The third kappa shape index (κ3) is 9.39. The SMILES string of the molecule is CC(C)(C)C(=O)C(=O)N[C@@H](Cc1ccccc1)C[C@H](O)[C@H](Cc1ccccc1)NC(=O)OCc1cncs1. The maximum absolute atomic E-state index is 12.8. The molecule has 0 fully saturated rings. The number of carbonyl (C=O) groups excluding carboxylic acids is 3. The van der Waals surface area contributed by atoms with Gasteiger partial charge in [0.1, 0.15) is 6.61 Å². The molecule has 1 heterocycles. The molecule has 38 heavy (non-hydrogen) atoms. The van der Waals surface area contributed by atoms with Crippen LogP contribution in [0.25, 0.3) is 0 Å². The maximum Gasteiger partial charge on any atom is 0.407 e. The molecule has 3 rings (SSSR count). The molecule has 202 valence electrons. The van der Waals surface area contributed by atoms with Gasteiger partial charge in [0.25, 0.3) is 5.91 Å². The summed E-state index contributed by atoms with van der Waals surface area (Å²) in [4.78, 5) is 42.7. The molecule has 0 radical (unpaired) electrons. The predicted octanol–water partition coefficient (Wildman–Crippen LogP) is 4.07. The molecule has 8 nitrogen and oxygen atoms in total. The third-order valence-electron chi connectivity index (χ3n) is 5.97. The van der Waals surface area contributed by atoms with Crippen LogP contribution in [0.3, 0.4) is 0 Å². The molecule has 3 N–H and O–H groups in total. The largest absolute Gasteiger partial charge is 0.444 e. The molecular formula is C29H35N3O5S. The minimum atomic E-state index is -1.04. The van der Waals surface area contributed by atoms with E-state index in [2.05, 4.69) is 15.6 Å². The van der Waals surface area contributed by atoms with E-state index < -0.39 is 41.4 Å². The van der Waals surface area contributed by atoms with Crippen molar-refractivity contribution in [3.63, 3.8) is 0 Å². The molecule has 0 unspecified atom stereocenters. The van der Waals surface area contributed by atoms with E-state index in [-0.39, 0.29) is 13.0 Å². The van der Waals surface area contributed by atoms with Crippen molar-refractivity contribution in [1.82, 2.24) is 15.6 Å². The highest BCUT2D eigenvalue weighted by Crippen LogP contribution is 2.17. The van der Waals surface area contributed by atoms with E-state index in [1.54, 1.807) is 32.5 Å². The number of hydrogen-bond acceptors (Lipinski definition) is 7. The van der Waals surface area contributed by atoms with Gasteiger partial charge in [-0.25, -0.2) is 4.79 Å². The summed E-state index contributed by atoms with van der Waals surface area (Å²) in [6, 6.07) is 17.8. The Morgan fingerprint density at radius 2 is 1.55 bits per heavy atom. The normalized spacial score (nSPS) is 13.7. The van der Waals surface area contributed by atoms with Gasteiger partial charge in [0.15, 0.2) is 0 Å². The van der Waals surface area contributed by atoms with Crippen molar-refractivity contribution in [2.75, 3.05) is 0 Å². The smallest absolute Gasteiger partial charge is 0.407 e. The van der Waals surface area contributed by atoms with Crippen LogP contribution in [0, 0.1) is 5.41 Å². The highest BCUT2D eigenvalue weighted by Gasteiger charge is 2.32. The summed E-state index contributed by atoms with van der Waals surface area (Å²) in [5, 5.41) is 16.9. The Hall–Kier alpha value is -3.56. The Morgan fingerprint density at radius 1 is 0.947 bits per heavy atom. The highest BCUT2D eigenvalue weighted by atomic mass is 32.1. The van der Waals surface area contributed by atoms with Crippen LogP contribution in [0.1, 0.15) is 43.2 Å². The Balaban J connectivity index is 1.75. The van der Waals surface area contributed by atoms with Gasteiger partial charge in [0.2, 0.25) is 5.78 Å². The maximum atomic E-state index is 12.8. The second-order valence-corrected chi connectivity index (χ2v) is 11.2. The number of carbonyl (C=O) groups is 3. The second kappa shape index (κ2) is 13.8. The van der Waals surface area contributed by atoms with Crippen LogP contribution in [0.2, 0.25) is 0 Å². The number of ether oxygens (including phenoxy) is 1. The number of aliphatic hydroxyl groups excluding tert-OH is 1. The number of amides is 2. The topological polar surface area (TPSA) is 118 Å². The summed E-state index contributed by atoms with van der Waals surface area (Å²) in [5.41, 5.74) is 2.69. The monoisotopic (exact) mass is 537 g/mol. The van der Waals surface area contributed by atoms with Crippen molar-refractivity contribution in [3.05, 3.63) is 88.4 Å². The minimum absolute atomic E-state index is 0.0757. The zero-order chi connectivity index (χ0) is 27.5. The standard InChI is InChI=1S/C29H35N3O5S/c1-29(2,3)26(34)27(35)31-22(14-20-10-6-4-7-11-20)16-25(33)24(15-21-12-8-5-9-13-21)32-28(36)37-18-23-17-30-19-38-23/h4-13,17,19,22,24-25,33H,14-16,18H2,1-3H3,(H,31,35)(H,32,36)/t22-,24-,25-/m0/s1. The van der Waals surface area contributed by atoms with Crippen molar-refractivity contribution in [3.8, 4) is 0 Å². The van der Waals surface area contributed by atoms with E-state index in [4.69, 9.17) is 4.74 Å². The second-order valence-electron chi connectivity index (χ2n) is 10.2. The number of hydrogen-bond donors (Lipinski definition) is 3. The van der Waals surface area contributed by atoms with E-state index in [1.165, 1.54) is 11.3 Å². The van der Waals surface area contributed by atoms with E-state index >= 15 is 0 Å². The zero-order valence-electron chi connectivity index (χ0n) is 21.9. The molecule has 0 bridgehead atoms. The number of nitrogens with zero attached hydrogens (tertiary/aromatic N) is 1. The van der Waals surface area contributed by atoms with Crippen molar-refractivity contribution in [1.29, 1.82) is 0 Å². The molecule has 0 spiro atoms. The average Bonchev–Trinajstić information content (AvgIpc) is 3.41. The Labute approximate surface area is 227 Å². The van der Waals surface area contributed by atoms with Crippen molar-refractivity contribution < 1.29 is 24.2 Å². The van der Waals surface area contributed by atoms with E-state index in [0.29, 0.717) is 12.8 Å². The number of Topliss-reactive ketones (excluding diaryl/α,β-unsaturated/α-hetero) is 1. The zero-order valence-corrected chi connectivity index (χ0v) is 22.7.